The van der Waals surface area contributed by atoms with Gasteiger partial charge >= 0.3 is 12.1 Å². The van der Waals surface area contributed by atoms with Crippen LogP contribution in [0.15, 0.2) is 0 Å². The second kappa shape index (κ2) is 2.93. The lowest BCUT2D eigenvalue weighted by Gasteiger charge is -2.17. The van der Waals surface area contributed by atoms with Crippen molar-refractivity contribution >= 4 is 5.97 Å². The van der Waals surface area contributed by atoms with Crippen LogP contribution in [0.4, 0.5) is 13.2 Å². The van der Waals surface area contributed by atoms with Gasteiger partial charge in [0.25, 0.3) is 0 Å². The van der Waals surface area contributed by atoms with Crippen LogP contribution >= 0.6 is 0 Å². The van der Waals surface area contributed by atoms with Crippen LogP contribution in [0.5, 0.6) is 0 Å². The number of alkyl halides is 3. The maximum absolute atomic E-state index is 12.1. The van der Waals surface area contributed by atoms with Crippen molar-refractivity contribution in [3.63, 3.8) is 0 Å². The van der Waals surface area contributed by atoms with Crippen molar-refractivity contribution in [2.75, 3.05) is 13.1 Å². The maximum atomic E-state index is 12.1. The van der Waals surface area contributed by atoms with Gasteiger partial charge in [0.1, 0.15) is 0 Å². The highest BCUT2D eigenvalue weighted by atomic mass is 19.4. The molecule has 12 heavy (non-hydrogen) atoms. The van der Waals surface area contributed by atoms with E-state index in [0.29, 0.717) is 0 Å². The summed E-state index contributed by atoms with van der Waals surface area (Å²) in [6.45, 7) is -0.389. The number of nitrogens with one attached hydrogen (secondary N) is 1. The highest BCUT2D eigenvalue weighted by molar-refractivity contribution is 5.71. The number of hydrogen-bond acceptors (Lipinski definition) is 2. The van der Waals surface area contributed by atoms with Crippen LogP contribution in [0.1, 0.15) is 0 Å². The van der Waals surface area contributed by atoms with Crippen LogP contribution < -0.4 is 5.32 Å². The lowest BCUT2D eigenvalue weighted by Crippen LogP contribution is -2.33. The fraction of sp³-hybridized carbons (Fsp3) is 0.833. The molecule has 6 heteroatoms. The number of carboxylic acids is 1. The molecule has 0 unspecified atom stereocenters. The summed E-state index contributed by atoms with van der Waals surface area (Å²) < 4.78 is 36.2. The van der Waals surface area contributed by atoms with Gasteiger partial charge in [-0.3, -0.25) is 4.79 Å². The van der Waals surface area contributed by atoms with Crippen molar-refractivity contribution < 1.29 is 23.1 Å². The summed E-state index contributed by atoms with van der Waals surface area (Å²) in [4.78, 5) is 10.3. The van der Waals surface area contributed by atoms with E-state index in [0.717, 1.165) is 0 Å². The number of carbonyl (C=O) groups is 1. The third-order valence-electron chi connectivity index (χ3n) is 1.95. The highest BCUT2D eigenvalue weighted by Crippen LogP contribution is 2.34. The standard InChI is InChI=1S/C6H8F3NO2/c7-6(8,9)4-2-10-1-3(4)5(11)12/h3-4,10H,1-2H2,(H,11,12)/t3-,4+/m0/s1. The minimum Gasteiger partial charge on any atom is -0.481 e. The lowest BCUT2D eigenvalue weighted by atomic mass is 9.96. The molecule has 2 N–H and O–H groups in total. The second-order valence-corrected chi connectivity index (χ2v) is 2.75. The third kappa shape index (κ3) is 1.69. The van der Waals surface area contributed by atoms with E-state index >= 15 is 0 Å². The van der Waals surface area contributed by atoms with Crippen molar-refractivity contribution in [1.29, 1.82) is 0 Å². The molecule has 0 saturated carbocycles. The van der Waals surface area contributed by atoms with E-state index in [4.69, 9.17) is 5.11 Å². The van der Waals surface area contributed by atoms with Crippen LogP contribution in [-0.4, -0.2) is 30.3 Å². The zero-order valence-corrected chi connectivity index (χ0v) is 6.06. The van der Waals surface area contributed by atoms with E-state index in [2.05, 4.69) is 5.32 Å². The smallest absolute Gasteiger partial charge is 0.393 e. The quantitative estimate of drug-likeness (QED) is 0.621. The van der Waals surface area contributed by atoms with Gasteiger partial charge in [-0.05, 0) is 0 Å². The molecule has 0 aromatic carbocycles. The summed E-state index contributed by atoms with van der Waals surface area (Å²) >= 11 is 0. The molecular formula is C6H8F3NO2. The Kier molecular flexibility index (Phi) is 2.27. The number of hydrogen-bond donors (Lipinski definition) is 2. The number of aliphatic carboxylic acids is 1. The molecule has 1 fully saturated rings. The van der Waals surface area contributed by atoms with Crippen molar-refractivity contribution in [1.82, 2.24) is 5.32 Å². The van der Waals surface area contributed by atoms with Gasteiger partial charge in [-0.15, -0.1) is 0 Å². The first-order valence-corrected chi connectivity index (χ1v) is 3.43. The first-order valence-electron chi connectivity index (χ1n) is 3.43. The average molecular weight is 183 g/mol. The van der Waals surface area contributed by atoms with Crippen LogP contribution in [0, 0.1) is 11.8 Å². The molecule has 1 rings (SSSR count). The first kappa shape index (κ1) is 9.31. The lowest BCUT2D eigenvalue weighted by molar-refractivity contribution is -0.187. The molecule has 70 valence electrons. The second-order valence-electron chi connectivity index (χ2n) is 2.75. The van der Waals surface area contributed by atoms with E-state index in [9.17, 15) is 18.0 Å². The van der Waals surface area contributed by atoms with Crippen molar-refractivity contribution in [3.05, 3.63) is 0 Å². The molecule has 0 spiro atoms. The number of halogens is 3. The maximum Gasteiger partial charge on any atom is 0.393 e. The normalized spacial score (nSPS) is 30.6. The highest BCUT2D eigenvalue weighted by Gasteiger charge is 2.49. The zero-order valence-electron chi connectivity index (χ0n) is 6.06. The molecule has 1 aliphatic rings. The van der Waals surface area contributed by atoms with Crippen molar-refractivity contribution in [3.8, 4) is 0 Å². The van der Waals surface area contributed by atoms with Crippen LogP contribution in [0.3, 0.4) is 0 Å². The monoisotopic (exact) mass is 183 g/mol. The summed E-state index contributed by atoms with van der Waals surface area (Å²) in [6.07, 6.45) is -4.41. The minimum atomic E-state index is -4.41. The summed E-state index contributed by atoms with van der Waals surface area (Å²) in [5.41, 5.74) is 0. The first-order chi connectivity index (χ1) is 5.43. The Hall–Kier alpha value is -0.780. The predicted molar refractivity (Wildman–Crippen MR) is 33.5 cm³/mol. The van der Waals surface area contributed by atoms with Gasteiger partial charge in [-0.1, -0.05) is 0 Å². The Bertz CT molecular complexity index is 192. The molecule has 2 atom stereocenters. The Morgan fingerprint density at radius 2 is 2.00 bits per heavy atom. The van der Waals surface area contributed by atoms with Crippen LogP contribution in [0.25, 0.3) is 0 Å². The molecule has 0 amide bonds. The summed E-state index contributed by atoms with van der Waals surface area (Å²) in [5.74, 6) is -4.46. The predicted octanol–water partition coefficient (Wildman–Crippen LogP) is 0.469. The SMILES string of the molecule is O=C(O)[C@H]1CNC[C@H]1C(F)(F)F. The van der Waals surface area contributed by atoms with Crippen molar-refractivity contribution in [2.45, 2.75) is 6.18 Å². The van der Waals surface area contributed by atoms with Gasteiger partial charge in [-0.25, -0.2) is 0 Å². The van der Waals surface area contributed by atoms with Gasteiger partial charge in [0, 0.05) is 13.1 Å². The van der Waals surface area contributed by atoms with E-state index in [1.165, 1.54) is 0 Å². The van der Waals surface area contributed by atoms with Crippen molar-refractivity contribution in [2.24, 2.45) is 11.8 Å². The molecule has 3 nitrogen and oxygen atoms in total. The number of carboxylic acid groups (broad SMARTS) is 1. The topological polar surface area (TPSA) is 49.3 Å². The van der Waals surface area contributed by atoms with E-state index in [-0.39, 0.29) is 13.1 Å². The fourth-order valence-corrected chi connectivity index (χ4v) is 1.28. The summed E-state index contributed by atoms with van der Waals surface area (Å²) in [5, 5.41) is 10.8. The molecule has 1 saturated heterocycles. The van der Waals surface area contributed by atoms with Gasteiger partial charge in [0.2, 0.25) is 0 Å². The molecule has 0 aromatic heterocycles. The number of rotatable bonds is 1. The Morgan fingerprint density at radius 1 is 1.42 bits per heavy atom. The Labute approximate surface area is 66.6 Å². The molecule has 0 aliphatic carbocycles. The average Bonchev–Trinajstić information content (AvgIpc) is 2.30. The fourth-order valence-electron chi connectivity index (χ4n) is 1.28. The van der Waals surface area contributed by atoms with Gasteiger partial charge < -0.3 is 10.4 Å². The summed E-state index contributed by atoms with van der Waals surface area (Å²) in [7, 11) is 0. The molecule has 0 aromatic rings. The largest absolute Gasteiger partial charge is 0.481 e. The van der Waals surface area contributed by atoms with E-state index in [1.54, 1.807) is 0 Å². The molecule has 0 radical (unpaired) electrons. The van der Waals surface area contributed by atoms with E-state index in [1.807, 2.05) is 0 Å². The van der Waals surface area contributed by atoms with Crippen LogP contribution in [0.2, 0.25) is 0 Å². The van der Waals surface area contributed by atoms with E-state index < -0.39 is 24.0 Å². The van der Waals surface area contributed by atoms with Crippen LogP contribution in [-0.2, 0) is 4.79 Å². The van der Waals surface area contributed by atoms with Gasteiger partial charge in [-0.2, -0.15) is 13.2 Å². The zero-order chi connectivity index (χ0) is 9.35. The van der Waals surface area contributed by atoms with Gasteiger partial charge in [0.05, 0.1) is 11.8 Å². The molecule has 1 heterocycles. The molecule has 1 aliphatic heterocycles. The Balaban J connectivity index is 2.71. The minimum absolute atomic E-state index is 0.0977. The molecular weight excluding hydrogens is 175 g/mol. The molecule has 0 bridgehead atoms. The Morgan fingerprint density at radius 3 is 2.33 bits per heavy atom. The van der Waals surface area contributed by atoms with Gasteiger partial charge in [0.15, 0.2) is 0 Å². The summed E-state index contributed by atoms with van der Waals surface area (Å²) in [6, 6.07) is 0. The third-order valence-corrected chi connectivity index (χ3v) is 1.95.